The lowest BCUT2D eigenvalue weighted by Crippen LogP contribution is -2.38. The molecule has 0 bridgehead atoms. The molecule has 0 radical (unpaired) electrons. The van der Waals surface area contributed by atoms with Crippen molar-refractivity contribution in [2.24, 2.45) is 0 Å². The predicted molar refractivity (Wildman–Crippen MR) is 70.9 cm³/mol. The number of hydrogen-bond donors (Lipinski definition) is 1. The maximum atomic E-state index is 13.9. The Morgan fingerprint density at radius 2 is 2.11 bits per heavy atom. The van der Waals surface area contributed by atoms with Crippen LogP contribution in [0.4, 0.5) is 4.39 Å². The second-order valence-corrected chi connectivity index (χ2v) is 5.49. The molecule has 4 heteroatoms. The largest absolute Gasteiger partial charge is 0.389 e. The molecule has 19 heavy (non-hydrogen) atoms. The lowest BCUT2D eigenvalue weighted by molar-refractivity contribution is 0.0143. The highest BCUT2D eigenvalue weighted by Gasteiger charge is 2.32. The molecule has 3 nitrogen and oxygen atoms in total. The molecule has 1 aliphatic carbocycles. The number of halogens is 1. The first-order chi connectivity index (χ1) is 9.04. The van der Waals surface area contributed by atoms with Crippen molar-refractivity contribution in [1.82, 2.24) is 4.90 Å². The molecule has 0 unspecified atom stereocenters. The quantitative estimate of drug-likeness (QED) is 0.906. The second kappa shape index (κ2) is 5.68. The Morgan fingerprint density at radius 1 is 1.42 bits per heavy atom. The van der Waals surface area contributed by atoms with E-state index in [1.54, 1.807) is 12.1 Å². The summed E-state index contributed by atoms with van der Waals surface area (Å²) in [6.07, 6.45) is 3.75. The standard InChI is InChI=1S/C15H19FN2O/c1-18(11-15(19)7-2-3-8-15)10-13-6-4-5-12(9-17)14(13)16/h4-6,19H,2-3,7-8,10-11H2,1H3. The van der Waals surface area contributed by atoms with Gasteiger partial charge in [0.15, 0.2) is 0 Å². The maximum Gasteiger partial charge on any atom is 0.145 e. The van der Waals surface area contributed by atoms with Crippen molar-refractivity contribution >= 4 is 0 Å². The summed E-state index contributed by atoms with van der Waals surface area (Å²) in [5, 5.41) is 19.1. The molecule has 0 heterocycles. The average Bonchev–Trinajstić information content (AvgIpc) is 2.78. The molecule has 1 saturated carbocycles. The van der Waals surface area contributed by atoms with Gasteiger partial charge in [0, 0.05) is 18.7 Å². The van der Waals surface area contributed by atoms with Gasteiger partial charge in [0.2, 0.25) is 0 Å². The van der Waals surface area contributed by atoms with Gasteiger partial charge in [0.25, 0.3) is 0 Å². The average molecular weight is 262 g/mol. The summed E-state index contributed by atoms with van der Waals surface area (Å²) in [7, 11) is 1.87. The number of nitrogens with zero attached hydrogens (tertiary/aromatic N) is 2. The first-order valence-electron chi connectivity index (χ1n) is 6.62. The van der Waals surface area contributed by atoms with Crippen molar-refractivity contribution in [1.29, 1.82) is 5.26 Å². The van der Waals surface area contributed by atoms with Gasteiger partial charge in [-0.05, 0) is 26.0 Å². The van der Waals surface area contributed by atoms with E-state index in [9.17, 15) is 9.50 Å². The van der Waals surface area contributed by atoms with E-state index < -0.39 is 11.4 Å². The van der Waals surface area contributed by atoms with Crippen molar-refractivity contribution in [3.05, 3.63) is 35.1 Å². The van der Waals surface area contributed by atoms with Gasteiger partial charge in [0.05, 0.1) is 11.2 Å². The van der Waals surface area contributed by atoms with E-state index in [1.807, 2.05) is 18.0 Å². The number of aliphatic hydroxyl groups is 1. The van der Waals surface area contributed by atoms with Gasteiger partial charge in [0.1, 0.15) is 11.9 Å². The monoisotopic (exact) mass is 262 g/mol. The Bertz CT molecular complexity index is 489. The van der Waals surface area contributed by atoms with E-state index in [0.717, 1.165) is 25.7 Å². The number of nitriles is 1. The maximum absolute atomic E-state index is 13.9. The summed E-state index contributed by atoms with van der Waals surface area (Å²) < 4.78 is 13.9. The van der Waals surface area contributed by atoms with E-state index in [0.29, 0.717) is 18.7 Å². The van der Waals surface area contributed by atoms with E-state index in [-0.39, 0.29) is 5.56 Å². The van der Waals surface area contributed by atoms with Gasteiger partial charge in [-0.15, -0.1) is 0 Å². The summed E-state index contributed by atoms with van der Waals surface area (Å²) >= 11 is 0. The van der Waals surface area contributed by atoms with Crippen LogP contribution < -0.4 is 0 Å². The zero-order valence-electron chi connectivity index (χ0n) is 11.2. The van der Waals surface area contributed by atoms with Crippen LogP contribution >= 0.6 is 0 Å². The van der Waals surface area contributed by atoms with E-state index in [1.165, 1.54) is 6.07 Å². The molecule has 0 amide bonds. The molecule has 1 N–H and O–H groups in total. The third kappa shape index (κ3) is 3.31. The lowest BCUT2D eigenvalue weighted by atomic mass is 10.0. The molecular weight excluding hydrogens is 243 g/mol. The smallest absolute Gasteiger partial charge is 0.145 e. The zero-order valence-corrected chi connectivity index (χ0v) is 11.2. The number of hydrogen-bond acceptors (Lipinski definition) is 3. The van der Waals surface area contributed by atoms with Gasteiger partial charge in [-0.1, -0.05) is 25.0 Å². The van der Waals surface area contributed by atoms with Crippen LogP contribution in [0.15, 0.2) is 18.2 Å². The minimum atomic E-state index is -0.627. The Kier molecular flexibility index (Phi) is 4.18. The highest BCUT2D eigenvalue weighted by atomic mass is 19.1. The minimum absolute atomic E-state index is 0.0745. The fourth-order valence-corrected chi connectivity index (χ4v) is 2.83. The summed E-state index contributed by atoms with van der Waals surface area (Å²) in [5.74, 6) is -0.449. The lowest BCUT2D eigenvalue weighted by Gasteiger charge is -2.28. The van der Waals surface area contributed by atoms with Crippen LogP contribution in [0.5, 0.6) is 0 Å². The van der Waals surface area contributed by atoms with Crippen LogP contribution in [0.2, 0.25) is 0 Å². The second-order valence-electron chi connectivity index (χ2n) is 5.49. The normalized spacial score (nSPS) is 17.6. The van der Waals surface area contributed by atoms with E-state index in [2.05, 4.69) is 0 Å². The van der Waals surface area contributed by atoms with Crippen molar-refractivity contribution in [2.75, 3.05) is 13.6 Å². The van der Waals surface area contributed by atoms with Crippen molar-refractivity contribution in [2.45, 2.75) is 37.8 Å². The van der Waals surface area contributed by atoms with Gasteiger partial charge in [-0.3, -0.25) is 4.90 Å². The molecule has 1 aromatic carbocycles. The number of rotatable bonds is 4. The van der Waals surface area contributed by atoms with Gasteiger partial charge >= 0.3 is 0 Å². The summed E-state index contributed by atoms with van der Waals surface area (Å²) in [6.45, 7) is 0.951. The van der Waals surface area contributed by atoms with Crippen LogP contribution in [-0.4, -0.2) is 29.2 Å². The fraction of sp³-hybridized carbons (Fsp3) is 0.533. The first-order valence-corrected chi connectivity index (χ1v) is 6.62. The first kappa shape index (κ1) is 14.0. The van der Waals surface area contributed by atoms with Crippen molar-refractivity contribution < 1.29 is 9.50 Å². The molecule has 0 aliphatic heterocycles. The van der Waals surface area contributed by atoms with Crippen LogP contribution in [-0.2, 0) is 6.54 Å². The third-order valence-electron chi connectivity index (χ3n) is 3.74. The van der Waals surface area contributed by atoms with E-state index >= 15 is 0 Å². The molecule has 1 fully saturated rings. The van der Waals surface area contributed by atoms with Gasteiger partial charge in [-0.2, -0.15) is 5.26 Å². The van der Waals surface area contributed by atoms with Gasteiger partial charge < -0.3 is 5.11 Å². The minimum Gasteiger partial charge on any atom is -0.389 e. The fourth-order valence-electron chi connectivity index (χ4n) is 2.83. The van der Waals surface area contributed by atoms with Crippen LogP contribution in [0, 0.1) is 17.1 Å². The van der Waals surface area contributed by atoms with Crippen molar-refractivity contribution in [3.63, 3.8) is 0 Å². The Labute approximate surface area is 113 Å². The molecule has 0 atom stereocenters. The number of benzene rings is 1. The molecule has 102 valence electrons. The van der Waals surface area contributed by atoms with Crippen LogP contribution in [0.3, 0.4) is 0 Å². The number of likely N-dealkylation sites (N-methyl/N-ethyl adjacent to an activating group) is 1. The summed E-state index contributed by atoms with van der Waals surface area (Å²) in [5.41, 5.74) is -0.0495. The molecule has 2 rings (SSSR count). The topological polar surface area (TPSA) is 47.3 Å². The van der Waals surface area contributed by atoms with Crippen LogP contribution in [0.1, 0.15) is 36.8 Å². The third-order valence-corrected chi connectivity index (χ3v) is 3.74. The molecule has 1 aromatic rings. The SMILES string of the molecule is CN(Cc1cccc(C#N)c1F)CC1(O)CCCC1. The molecule has 0 saturated heterocycles. The summed E-state index contributed by atoms with van der Waals surface area (Å²) in [4.78, 5) is 1.92. The molecular formula is C15H19FN2O. The van der Waals surface area contributed by atoms with Crippen LogP contribution in [0.25, 0.3) is 0 Å². The summed E-state index contributed by atoms with van der Waals surface area (Å²) in [6, 6.07) is 6.70. The Morgan fingerprint density at radius 3 is 2.74 bits per heavy atom. The Hall–Kier alpha value is -1.44. The Balaban J connectivity index is 2.03. The molecule has 1 aliphatic rings. The molecule has 0 spiro atoms. The molecule has 0 aromatic heterocycles. The van der Waals surface area contributed by atoms with Crippen molar-refractivity contribution in [3.8, 4) is 6.07 Å². The van der Waals surface area contributed by atoms with Gasteiger partial charge in [-0.25, -0.2) is 4.39 Å². The highest BCUT2D eigenvalue weighted by molar-refractivity contribution is 5.34. The highest BCUT2D eigenvalue weighted by Crippen LogP contribution is 2.30. The zero-order chi connectivity index (χ0) is 13.9. The predicted octanol–water partition coefficient (Wildman–Crippen LogP) is 2.43. The van der Waals surface area contributed by atoms with E-state index in [4.69, 9.17) is 5.26 Å².